The van der Waals surface area contributed by atoms with Gasteiger partial charge in [-0.05, 0) is 63.2 Å². The first-order valence-electron chi connectivity index (χ1n) is 15.2. The van der Waals surface area contributed by atoms with Crippen molar-refractivity contribution in [3.05, 3.63) is 106 Å². The smallest absolute Gasteiger partial charge is 0.435 e. The number of rotatable bonds is 12. The van der Waals surface area contributed by atoms with Gasteiger partial charge in [0.2, 0.25) is 11.5 Å². The zero-order chi connectivity index (χ0) is 37.1. The Balaban J connectivity index is 1.17. The largest absolute Gasteiger partial charge is 0.569 e. The van der Waals surface area contributed by atoms with Crippen LogP contribution in [-0.2, 0) is 25.8 Å². The number of ether oxygens (including phenoxy) is 1. The molecule has 0 spiro atoms. The molecule has 0 fully saturated rings. The number of halogens is 3. The molecule has 1 aromatic heterocycles. The molecule has 0 radical (unpaired) electrons. The number of likely N-dealkylation sites (N-methyl/N-ethyl adjacent to an activating group) is 1. The van der Waals surface area contributed by atoms with Gasteiger partial charge in [-0.15, -0.1) is 5.01 Å². The molecule has 5 rings (SSSR count). The topological polar surface area (TPSA) is 179 Å². The van der Waals surface area contributed by atoms with E-state index in [-0.39, 0.29) is 40.6 Å². The van der Waals surface area contributed by atoms with Crippen LogP contribution in [0.2, 0.25) is 0 Å². The Morgan fingerprint density at radius 2 is 1.65 bits per heavy atom. The summed E-state index contributed by atoms with van der Waals surface area (Å²) in [6, 6.07) is 18.4. The van der Waals surface area contributed by atoms with Gasteiger partial charge >= 0.3 is 12.3 Å². The highest BCUT2D eigenvalue weighted by atomic mass is 32.2. The standard InChI is InChI=1S/C32H30F3N7O8S/c1-4-39(42(46)38-50-21(3)40-29(43)25-7-5-6-8-26(25)30(40)44)17-18-49-31(45)37-51(47,48)24-15-13-23(14-16-24)41-27(19-28(36-41)32(33,34)35)22-11-9-20(2)10-12-22/h5-16,19,21H,4,17-18H2,1-3H3,(H,37,45). The third-order valence-corrected chi connectivity index (χ3v) is 8.93. The summed E-state index contributed by atoms with van der Waals surface area (Å²) in [7, 11) is -4.49. The maximum absolute atomic E-state index is 13.5. The number of sulfonamides is 1. The SMILES string of the molecule is CCN(CCOC(=O)NS(=O)(=O)c1ccc(-n2nc(C(F)(F)F)cc2-c2ccc(C)cc2)cc1)[N+]([O-])=NOC(C)N1C(=O)c2ccccc2C1=O. The molecule has 1 N–H and O–H groups in total. The van der Waals surface area contributed by atoms with Crippen LogP contribution in [0.4, 0.5) is 18.0 Å². The van der Waals surface area contributed by atoms with Gasteiger partial charge in [0.25, 0.3) is 21.8 Å². The molecule has 1 aliphatic rings. The maximum Gasteiger partial charge on any atom is 0.435 e. The Kier molecular flexibility index (Phi) is 10.3. The van der Waals surface area contributed by atoms with Crippen LogP contribution in [0.25, 0.3) is 16.9 Å². The molecule has 15 nitrogen and oxygen atoms in total. The molecule has 51 heavy (non-hydrogen) atoms. The lowest BCUT2D eigenvalue weighted by molar-refractivity contribution is -0.712. The second-order valence-corrected chi connectivity index (χ2v) is 12.7. The van der Waals surface area contributed by atoms with Crippen molar-refractivity contribution in [2.75, 3.05) is 19.7 Å². The van der Waals surface area contributed by atoms with Gasteiger partial charge in [-0.3, -0.25) is 9.59 Å². The average molecular weight is 730 g/mol. The Morgan fingerprint density at radius 3 is 2.22 bits per heavy atom. The summed E-state index contributed by atoms with van der Waals surface area (Å²) in [5, 5.41) is 20.6. The van der Waals surface area contributed by atoms with E-state index in [1.165, 1.54) is 31.2 Å². The number of hydrazine groups is 1. The highest BCUT2D eigenvalue weighted by molar-refractivity contribution is 7.90. The van der Waals surface area contributed by atoms with Crippen molar-refractivity contribution < 1.29 is 50.5 Å². The van der Waals surface area contributed by atoms with E-state index in [1.54, 1.807) is 48.0 Å². The first kappa shape index (κ1) is 36.3. The molecule has 0 saturated carbocycles. The summed E-state index contributed by atoms with van der Waals surface area (Å²) in [4.78, 5) is 43.1. The molecule has 19 heteroatoms. The van der Waals surface area contributed by atoms with Crippen molar-refractivity contribution in [3.8, 4) is 16.9 Å². The van der Waals surface area contributed by atoms with Crippen LogP contribution in [0, 0.1) is 12.1 Å². The molecule has 0 bridgehead atoms. The number of hydrogen-bond acceptors (Lipinski definition) is 10. The summed E-state index contributed by atoms with van der Waals surface area (Å²) < 4.78 is 74.0. The number of aromatic nitrogens is 2. The van der Waals surface area contributed by atoms with E-state index in [2.05, 4.69) is 10.4 Å². The number of carbonyl (C=O) groups excluding carboxylic acids is 3. The van der Waals surface area contributed by atoms with Crippen molar-refractivity contribution in [1.29, 1.82) is 0 Å². The van der Waals surface area contributed by atoms with Crippen LogP contribution >= 0.6 is 0 Å². The Morgan fingerprint density at radius 1 is 1.04 bits per heavy atom. The fourth-order valence-corrected chi connectivity index (χ4v) is 5.86. The predicted molar refractivity (Wildman–Crippen MR) is 171 cm³/mol. The highest BCUT2D eigenvalue weighted by Gasteiger charge is 2.40. The molecule has 2 heterocycles. The first-order chi connectivity index (χ1) is 24.1. The lowest BCUT2D eigenvalue weighted by atomic mass is 10.1. The predicted octanol–water partition coefficient (Wildman–Crippen LogP) is 5.05. The zero-order valence-corrected chi connectivity index (χ0v) is 28.0. The van der Waals surface area contributed by atoms with E-state index < -0.39 is 57.5 Å². The highest BCUT2D eigenvalue weighted by Crippen LogP contribution is 2.33. The van der Waals surface area contributed by atoms with Crippen LogP contribution in [0.5, 0.6) is 0 Å². The number of alkyl halides is 3. The van der Waals surface area contributed by atoms with Gasteiger partial charge in [0.05, 0.1) is 38.9 Å². The third-order valence-electron chi connectivity index (χ3n) is 7.60. The van der Waals surface area contributed by atoms with Crippen molar-refractivity contribution >= 4 is 27.9 Å². The Bertz CT molecular complexity index is 2050. The molecule has 3 amide bonds. The van der Waals surface area contributed by atoms with Gasteiger partial charge in [-0.2, -0.15) is 18.3 Å². The van der Waals surface area contributed by atoms with Crippen LogP contribution in [0.15, 0.2) is 89.0 Å². The zero-order valence-electron chi connectivity index (χ0n) is 27.2. The van der Waals surface area contributed by atoms with E-state index in [4.69, 9.17) is 9.57 Å². The van der Waals surface area contributed by atoms with Gasteiger partial charge in [0.1, 0.15) is 13.2 Å². The van der Waals surface area contributed by atoms with Crippen LogP contribution in [0.1, 0.15) is 45.8 Å². The molecule has 1 unspecified atom stereocenters. The molecule has 4 aromatic rings. The maximum atomic E-state index is 13.5. The molecule has 3 aromatic carbocycles. The van der Waals surface area contributed by atoms with Gasteiger partial charge in [0, 0.05) is 5.56 Å². The number of carbonyl (C=O) groups is 3. The number of amides is 3. The summed E-state index contributed by atoms with van der Waals surface area (Å²) in [5.41, 5.74) is 0.816. The fourth-order valence-electron chi connectivity index (χ4n) is 4.96. The molecule has 1 aliphatic heterocycles. The van der Waals surface area contributed by atoms with Crippen molar-refractivity contribution in [1.82, 2.24) is 24.4 Å². The number of benzene rings is 3. The molecule has 268 valence electrons. The molecular weight excluding hydrogens is 699 g/mol. The second kappa shape index (κ2) is 14.5. The summed E-state index contributed by atoms with van der Waals surface area (Å²) in [6.07, 6.45) is -7.34. The summed E-state index contributed by atoms with van der Waals surface area (Å²) in [5.74, 6) is -1.23. The number of aryl methyl sites for hydroxylation is 1. The van der Waals surface area contributed by atoms with Crippen molar-refractivity contribution in [2.24, 2.45) is 5.28 Å². The minimum atomic E-state index is -4.73. The molecule has 1 atom stereocenters. The van der Waals surface area contributed by atoms with Gasteiger partial charge in [-0.1, -0.05) is 42.0 Å². The minimum absolute atomic E-state index is 0.0236. The molecule has 0 saturated heterocycles. The quantitative estimate of drug-likeness (QED) is 0.0898. The lowest BCUT2D eigenvalue weighted by Crippen LogP contribution is -2.40. The monoisotopic (exact) mass is 729 g/mol. The van der Waals surface area contributed by atoms with Gasteiger partial charge in [-0.25, -0.2) is 27.5 Å². The summed E-state index contributed by atoms with van der Waals surface area (Å²) >= 11 is 0. The second-order valence-electron chi connectivity index (χ2n) is 11.0. The van der Waals surface area contributed by atoms with Crippen LogP contribution in [0.3, 0.4) is 0 Å². The fraction of sp³-hybridized carbons (Fsp3) is 0.250. The number of fused-ring (bicyclic) bond motifs is 1. The van der Waals surface area contributed by atoms with Crippen molar-refractivity contribution in [2.45, 2.75) is 38.1 Å². The van der Waals surface area contributed by atoms with E-state index in [0.717, 1.165) is 38.4 Å². The van der Waals surface area contributed by atoms with Crippen molar-refractivity contribution in [3.63, 3.8) is 0 Å². The van der Waals surface area contributed by atoms with Crippen LogP contribution < -0.4 is 4.72 Å². The number of hydrogen-bond donors (Lipinski definition) is 1. The number of nitrogens with one attached hydrogen (secondary N) is 1. The van der Waals surface area contributed by atoms with E-state index >= 15 is 0 Å². The van der Waals surface area contributed by atoms with E-state index in [1.807, 2.05) is 6.92 Å². The average Bonchev–Trinajstić information content (AvgIpc) is 3.65. The lowest BCUT2D eigenvalue weighted by Gasteiger charge is -2.20. The van der Waals surface area contributed by atoms with E-state index in [0.29, 0.717) is 5.56 Å². The van der Waals surface area contributed by atoms with Crippen LogP contribution in [-0.4, -0.2) is 76.9 Å². The third kappa shape index (κ3) is 7.93. The normalized spacial score (nSPS) is 13.9. The number of imide groups is 1. The molecule has 0 aliphatic carbocycles. The van der Waals surface area contributed by atoms with Gasteiger partial charge < -0.3 is 14.8 Å². The Hall–Kier alpha value is -5.98. The number of nitrogens with zero attached hydrogens (tertiary/aromatic N) is 6. The summed E-state index contributed by atoms with van der Waals surface area (Å²) in [6.45, 7) is 4.05. The molecular formula is C32H30F3N7O8S. The first-order valence-corrected chi connectivity index (χ1v) is 16.7. The Labute approximate surface area is 289 Å². The minimum Gasteiger partial charge on any atom is -0.569 e. The van der Waals surface area contributed by atoms with E-state index in [9.17, 15) is 41.2 Å². The van der Waals surface area contributed by atoms with Gasteiger partial charge in [0.15, 0.2) is 5.69 Å².